The third-order valence-corrected chi connectivity index (χ3v) is 2.47. The van der Waals surface area contributed by atoms with Crippen molar-refractivity contribution in [3.05, 3.63) is 53.2 Å². The fourth-order valence-electron chi connectivity index (χ4n) is 1.51. The Kier molecular flexibility index (Phi) is 4.12. The molecule has 0 atom stereocenters. The van der Waals surface area contributed by atoms with E-state index in [1.54, 1.807) is 18.2 Å². The Hall–Kier alpha value is -2.37. The second-order valence-electron chi connectivity index (χ2n) is 4.10. The second-order valence-corrected chi connectivity index (χ2v) is 4.10. The van der Waals surface area contributed by atoms with Gasteiger partial charge in [-0.3, -0.25) is 0 Å². The monoisotopic (exact) mass is 263 g/mol. The van der Waals surface area contributed by atoms with Crippen LogP contribution < -0.4 is 10.6 Å². The molecule has 0 radical (unpaired) electrons. The van der Waals surface area contributed by atoms with Crippen LogP contribution in [0.25, 0.3) is 0 Å². The fraction of sp³-hybridized carbons (Fsp3) is 0.231. The van der Waals surface area contributed by atoms with Crippen molar-refractivity contribution in [1.82, 2.24) is 15.8 Å². The average Bonchev–Trinajstić information content (AvgIpc) is 2.81. The molecule has 0 bridgehead atoms. The van der Waals surface area contributed by atoms with E-state index in [-0.39, 0.29) is 18.4 Å². The largest absolute Gasteiger partial charge is 0.359 e. The molecule has 0 saturated carbocycles. The minimum absolute atomic E-state index is 0.274. The number of benzene rings is 1. The highest BCUT2D eigenvalue weighted by molar-refractivity contribution is 5.73. The molecule has 100 valence electrons. The standard InChI is InChI=1S/C13H14FN3O2/c1-9-6-12(19-17-9)8-16-13(18)15-7-10-2-4-11(14)5-3-10/h2-6H,7-8H2,1H3,(H2,15,16,18). The zero-order valence-corrected chi connectivity index (χ0v) is 10.4. The number of amides is 2. The van der Waals surface area contributed by atoms with Crippen molar-refractivity contribution in [2.24, 2.45) is 0 Å². The maximum absolute atomic E-state index is 12.7. The molecule has 0 aliphatic rings. The van der Waals surface area contributed by atoms with E-state index in [1.807, 2.05) is 6.92 Å². The van der Waals surface area contributed by atoms with E-state index in [0.717, 1.165) is 11.3 Å². The van der Waals surface area contributed by atoms with Gasteiger partial charge in [0.1, 0.15) is 5.82 Å². The molecule has 0 fully saturated rings. The minimum atomic E-state index is -0.321. The first-order chi connectivity index (χ1) is 9.13. The van der Waals surface area contributed by atoms with Crippen LogP contribution in [0.5, 0.6) is 0 Å². The molecule has 0 spiro atoms. The summed E-state index contributed by atoms with van der Waals surface area (Å²) in [6.45, 7) is 2.42. The summed E-state index contributed by atoms with van der Waals surface area (Å²) in [5.41, 5.74) is 1.59. The first-order valence-electron chi connectivity index (χ1n) is 5.82. The van der Waals surface area contributed by atoms with Crippen LogP contribution in [-0.4, -0.2) is 11.2 Å². The normalized spacial score (nSPS) is 10.2. The molecule has 0 unspecified atom stereocenters. The van der Waals surface area contributed by atoms with Crippen LogP contribution in [0.2, 0.25) is 0 Å². The zero-order valence-electron chi connectivity index (χ0n) is 10.4. The van der Waals surface area contributed by atoms with Gasteiger partial charge in [0.15, 0.2) is 5.76 Å². The first-order valence-corrected chi connectivity index (χ1v) is 5.82. The number of nitrogens with one attached hydrogen (secondary N) is 2. The SMILES string of the molecule is Cc1cc(CNC(=O)NCc2ccc(F)cc2)on1. The molecule has 1 aromatic carbocycles. The Bertz CT molecular complexity index is 551. The van der Waals surface area contributed by atoms with Crippen LogP contribution in [0, 0.1) is 12.7 Å². The highest BCUT2D eigenvalue weighted by Gasteiger charge is 2.04. The van der Waals surface area contributed by atoms with Gasteiger partial charge in [-0.15, -0.1) is 0 Å². The Morgan fingerprint density at radius 2 is 1.95 bits per heavy atom. The van der Waals surface area contributed by atoms with Crippen LogP contribution >= 0.6 is 0 Å². The third-order valence-electron chi connectivity index (χ3n) is 2.47. The lowest BCUT2D eigenvalue weighted by molar-refractivity contribution is 0.238. The lowest BCUT2D eigenvalue weighted by Crippen LogP contribution is -2.34. The summed E-state index contributed by atoms with van der Waals surface area (Å²) >= 11 is 0. The fourth-order valence-corrected chi connectivity index (χ4v) is 1.51. The van der Waals surface area contributed by atoms with Gasteiger partial charge in [0.25, 0.3) is 0 Å². The first kappa shape index (κ1) is 13.1. The summed E-state index contributed by atoms with van der Waals surface area (Å²) in [6.07, 6.45) is 0. The van der Waals surface area contributed by atoms with Crippen molar-refractivity contribution in [2.45, 2.75) is 20.0 Å². The summed E-state index contributed by atoms with van der Waals surface area (Å²) in [5.74, 6) is 0.295. The van der Waals surface area contributed by atoms with E-state index in [9.17, 15) is 9.18 Å². The number of hydrogen-bond acceptors (Lipinski definition) is 3. The Balaban J connectivity index is 1.74. The van der Waals surface area contributed by atoms with Crippen molar-refractivity contribution in [1.29, 1.82) is 0 Å². The van der Waals surface area contributed by atoms with Gasteiger partial charge in [0.2, 0.25) is 0 Å². The highest BCUT2D eigenvalue weighted by Crippen LogP contribution is 2.02. The molecule has 0 aliphatic carbocycles. The quantitative estimate of drug-likeness (QED) is 0.887. The van der Waals surface area contributed by atoms with Gasteiger partial charge in [-0.05, 0) is 24.6 Å². The van der Waals surface area contributed by atoms with Gasteiger partial charge >= 0.3 is 6.03 Å². The van der Waals surface area contributed by atoms with E-state index >= 15 is 0 Å². The maximum atomic E-state index is 12.7. The maximum Gasteiger partial charge on any atom is 0.315 e. The van der Waals surface area contributed by atoms with Crippen molar-refractivity contribution in [3.63, 3.8) is 0 Å². The molecule has 2 aromatic rings. The predicted octanol–water partition coefficient (Wildman–Crippen LogP) is 2.12. The van der Waals surface area contributed by atoms with E-state index in [2.05, 4.69) is 15.8 Å². The number of aryl methyl sites for hydroxylation is 1. The molecule has 2 amide bonds. The van der Waals surface area contributed by atoms with E-state index in [4.69, 9.17) is 4.52 Å². The van der Waals surface area contributed by atoms with E-state index in [0.29, 0.717) is 12.3 Å². The molecular weight excluding hydrogens is 249 g/mol. The van der Waals surface area contributed by atoms with Crippen LogP contribution in [0.4, 0.5) is 9.18 Å². The van der Waals surface area contributed by atoms with Gasteiger partial charge in [-0.25, -0.2) is 9.18 Å². The lowest BCUT2D eigenvalue weighted by Gasteiger charge is -2.06. The number of carbonyl (C=O) groups excluding carboxylic acids is 1. The molecule has 0 saturated heterocycles. The van der Waals surface area contributed by atoms with Gasteiger partial charge in [-0.2, -0.15) is 0 Å². The molecule has 1 aromatic heterocycles. The van der Waals surface area contributed by atoms with Crippen LogP contribution in [0.3, 0.4) is 0 Å². The van der Waals surface area contributed by atoms with Gasteiger partial charge in [0, 0.05) is 12.6 Å². The number of nitrogens with zero attached hydrogens (tertiary/aromatic N) is 1. The topological polar surface area (TPSA) is 67.2 Å². The lowest BCUT2D eigenvalue weighted by atomic mass is 10.2. The molecular formula is C13H14FN3O2. The highest BCUT2D eigenvalue weighted by atomic mass is 19.1. The molecule has 0 aliphatic heterocycles. The molecule has 2 rings (SSSR count). The summed E-state index contributed by atoms with van der Waals surface area (Å²) in [6, 6.07) is 7.38. The smallest absolute Gasteiger partial charge is 0.315 e. The van der Waals surface area contributed by atoms with Crippen LogP contribution in [0.15, 0.2) is 34.9 Å². The number of hydrogen-bond donors (Lipinski definition) is 2. The second kappa shape index (κ2) is 5.99. The molecule has 19 heavy (non-hydrogen) atoms. The number of urea groups is 1. The minimum Gasteiger partial charge on any atom is -0.359 e. The summed E-state index contributed by atoms with van der Waals surface area (Å²) in [5, 5.41) is 9.01. The van der Waals surface area contributed by atoms with E-state index in [1.165, 1.54) is 12.1 Å². The van der Waals surface area contributed by atoms with Crippen molar-refractivity contribution < 1.29 is 13.7 Å². The van der Waals surface area contributed by atoms with Gasteiger partial charge < -0.3 is 15.2 Å². The Morgan fingerprint density at radius 1 is 1.26 bits per heavy atom. The molecule has 6 heteroatoms. The van der Waals surface area contributed by atoms with Crippen LogP contribution in [0.1, 0.15) is 17.0 Å². The summed E-state index contributed by atoms with van der Waals surface area (Å²) in [4.78, 5) is 11.5. The zero-order chi connectivity index (χ0) is 13.7. The van der Waals surface area contributed by atoms with Gasteiger partial charge in [0.05, 0.1) is 12.2 Å². The average molecular weight is 263 g/mol. The summed E-state index contributed by atoms with van der Waals surface area (Å²) in [7, 11) is 0. The Morgan fingerprint density at radius 3 is 2.58 bits per heavy atom. The summed E-state index contributed by atoms with van der Waals surface area (Å²) < 4.78 is 17.6. The van der Waals surface area contributed by atoms with Gasteiger partial charge in [-0.1, -0.05) is 17.3 Å². The molecule has 5 nitrogen and oxygen atoms in total. The van der Waals surface area contributed by atoms with E-state index < -0.39 is 0 Å². The predicted molar refractivity (Wildman–Crippen MR) is 66.7 cm³/mol. The number of aromatic nitrogens is 1. The Labute approximate surface area is 109 Å². The van der Waals surface area contributed by atoms with Crippen molar-refractivity contribution >= 4 is 6.03 Å². The number of rotatable bonds is 4. The third kappa shape index (κ3) is 4.09. The number of carbonyl (C=O) groups is 1. The molecule has 1 heterocycles. The number of halogens is 1. The van der Waals surface area contributed by atoms with Crippen LogP contribution in [-0.2, 0) is 13.1 Å². The molecule has 2 N–H and O–H groups in total. The van der Waals surface area contributed by atoms with Crippen molar-refractivity contribution in [2.75, 3.05) is 0 Å². The van der Waals surface area contributed by atoms with Crippen molar-refractivity contribution in [3.8, 4) is 0 Å².